The first-order valence-corrected chi connectivity index (χ1v) is 7.15. The Balaban J connectivity index is 3.76. The Hall–Kier alpha value is -0.160. The maximum Gasteiger partial charge on any atom is 0.0589 e. The highest BCUT2D eigenvalue weighted by Gasteiger charge is 2.07. The highest BCUT2D eigenvalue weighted by atomic mass is 16.5. The molecular weight excluding hydrogens is 228 g/mol. The summed E-state index contributed by atoms with van der Waals surface area (Å²) in [6.45, 7) is 7.19. The van der Waals surface area contributed by atoms with Crippen molar-refractivity contribution in [3.8, 4) is 0 Å². The van der Waals surface area contributed by atoms with Crippen molar-refractivity contribution in [1.29, 1.82) is 0 Å². The van der Waals surface area contributed by atoms with Gasteiger partial charge in [0.1, 0.15) is 0 Å². The molecule has 0 aliphatic heterocycles. The first kappa shape index (κ1) is 17.8. The molecule has 0 aliphatic carbocycles. The van der Waals surface area contributed by atoms with Gasteiger partial charge in [0.2, 0.25) is 0 Å². The van der Waals surface area contributed by atoms with Gasteiger partial charge in [0.15, 0.2) is 0 Å². The monoisotopic (exact) mass is 260 g/mol. The molecule has 1 unspecified atom stereocenters. The molecule has 0 bridgehead atoms. The second-order valence-corrected chi connectivity index (χ2v) is 4.72. The normalized spacial score (nSPS) is 13.2. The average molecular weight is 260 g/mol. The third kappa shape index (κ3) is 9.83. The topological polar surface area (TPSA) is 33.7 Å². The van der Waals surface area contributed by atoms with E-state index < -0.39 is 0 Å². The van der Waals surface area contributed by atoms with E-state index in [0.29, 0.717) is 6.04 Å². The second kappa shape index (κ2) is 13.3. The van der Waals surface area contributed by atoms with Crippen molar-refractivity contribution in [3.63, 3.8) is 0 Å². The Morgan fingerprint density at radius 2 is 1.67 bits per heavy atom. The van der Waals surface area contributed by atoms with E-state index in [-0.39, 0.29) is 0 Å². The molecule has 110 valence electrons. The Labute approximate surface area is 113 Å². The maximum atomic E-state index is 5.16. The zero-order valence-electron chi connectivity index (χ0n) is 12.7. The quantitative estimate of drug-likeness (QED) is 0.512. The minimum Gasteiger partial charge on any atom is -0.385 e. The van der Waals surface area contributed by atoms with E-state index in [1.165, 1.54) is 19.3 Å². The van der Waals surface area contributed by atoms with Crippen molar-refractivity contribution < 1.29 is 9.47 Å². The Bertz CT molecular complexity index is 164. The van der Waals surface area contributed by atoms with Gasteiger partial charge in [0, 0.05) is 40.0 Å². The predicted molar refractivity (Wildman–Crippen MR) is 77.2 cm³/mol. The average Bonchev–Trinajstić information content (AvgIpc) is 2.40. The van der Waals surface area contributed by atoms with E-state index in [0.717, 1.165) is 39.3 Å². The molecule has 0 heterocycles. The standard InChI is InChI=1S/C14H32N2O2/c1-5-14(15-2)8-6-9-16(11-13-18-4)10-7-12-17-3/h14-15H,5-13H2,1-4H3. The highest BCUT2D eigenvalue weighted by Crippen LogP contribution is 2.03. The molecule has 0 radical (unpaired) electrons. The molecule has 0 fully saturated rings. The summed E-state index contributed by atoms with van der Waals surface area (Å²) in [5.41, 5.74) is 0. The van der Waals surface area contributed by atoms with Crippen molar-refractivity contribution in [3.05, 3.63) is 0 Å². The van der Waals surface area contributed by atoms with Gasteiger partial charge < -0.3 is 19.7 Å². The molecular formula is C14H32N2O2. The molecule has 0 spiro atoms. The molecule has 0 aromatic carbocycles. The summed E-state index contributed by atoms with van der Waals surface area (Å²) in [6.07, 6.45) is 4.80. The molecule has 0 aliphatic rings. The summed E-state index contributed by atoms with van der Waals surface area (Å²) in [5, 5.41) is 3.36. The number of rotatable bonds is 13. The molecule has 1 N–H and O–H groups in total. The van der Waals surface area contributed by atoms with Gasteiger partial charge in [0.05, 0.1) is 6.61 Å². The van der Waals surface area contributed by atoms with E-state index in [1.807, 2.05) is 0 Å². The Morgan fingerprint density at radius 1 is 1.00 bits per heavy atom. The Kier molecular flexibility index (Phi) is 13.2. The molecule has 0 amide bonds. The van der Waals surface area contributed by atoms with Gasteiger partial charge in [-0.25, -0.2) is 0 Å². The van der Waals surface area contributed by atoms with Crippen molar-refractivity contribution >= 4 is 0 Å². The summed E-state index contributed by atoms with van der Waals surface area (Å²) in [5.74, 6) is 0. The van der Waals surface area contributed by atoms with Gasteiger partial charge >= 0.3 is 0 Å². The van der Waals surface area contributed by atoms with Crippen LogP contribution in [-0.4, -0.2) is 65.1 Å². The summed E-state index contributed by atoms with van der Waals surface area (Å²) in [6, 6.07) is 0.660. The molecule has 0 saturated carbocycles. The molecule has 1 atom stereocenters. The fourth-order valence-electron chi connectivity index (χ4n) is 2.10. The molecule has 18 heavy (non-hydrogen) atoms. The van der Waals surface area contributed by atoms with Crippen LogP contribution in [0.2, 0.25) is 0 Å². The maximum absolute atomic E-state index is 5.16. The van der Waals surface area contributed by atoms with Gasteiger partial charge in [-0.1, -0.05) is 6.92 Å². The number of nitrogens with one attached hydrogen (secondary N) is 1. The van der Waals surface area contributed by atoms with Gasteiger partial charge in [0.25, 0.3) is 0 Å². The number of methoxy groups -OCH3 is 2. The number of hydrogen-bond donors (Lipinski definition) is 1. The van der Waals surface area contributed by atoms with E-state index in [2.05, 4.69) is 24.2 Å². The van der Waals surface area contributed by atoms with Gasteiger partial charge in [-0.3, -0.25) is 0 Å². The van der Waals surface area contributed by atoms with Crippen LogP contribution in [-0.2, 0) is 9.47 Å². The largest absolute Gasteiger partial charge is 0.385 e. The van der Waals surface area contributed by atoms with Crippen molar-refractivity contribution in [2.24, 2.45) is 0 Å². The van der Waals surface area contributed by atoms with Gasteiger partial charge in [-0.05, 0) is 39.3 Å². The first-order valence-electron chi connectivity index (χ1n) is 7.15. The van der Waals surface area contributed by atoms with Crippen LogP contribution in [0.5, 0.6) is 0 Å². The molecule has 0 aromatic heterocycles. The van der Waals surface area contributed by atoms with Gasteiger partial charge in [-0.15, -0.1) is 0 Å². The fraction of sp³-hybridized carbons (Fsp3) is 1.00. The van der Waals surface area contributed by atoms with Gasteiger partial charge in [-0.2, -0.15) is 0 Å². The fourth-order valence-corrected chi connectivity index (χ4v) is 2.10. The van der Waals surface area contributed by atoms with Crippen molar-refractivity contribution in [1.82, 2.24) is 10.2 Å². The van der Waals surface area contributed by atoms with Crippen LogP contribution in [0.1, 0.15) is 32.6 Å². The zero-order chi connectivity index (χ0) is 13.6. The summed E-state index contributed by atoms with van der Waals surface area (Å²) >= 11 is 0. The predicted octanol–water partition coefficient (Wildman–Crippen LogP) is 1.75. The minimum absolute atomic E-state index is 0.660. The van der Waals surface area contributed by atoms with E-state index in [9.17, 15) is 0 Å². The zero-order valence-corrected chi connectivity index (χ0v) is 12.7. The van der Waals surface area contributed by atoms with Crippen molar-refractivity contribution in [2.75, 3.05) is 54.1 Å². The smallest absolute Gasteiger partial charge is 0.0589 e. The van der Waals surface area contributed by atoms with Crippen LogP contribution in [0.3, 0.4) is 0 Å². The second-order valence-electron chi connectivity index (χ2n) is 4.72. The number of ether oxygens (including phenoxy) is 2. The van der Waals surface area contributed by atoms with Crippen LogP contribution in [0.15, 0.2) is 0 Å². The molecule has 0 aromatic rings. The first-order chi connectivity index (χ1) is 8.78. The van der Waals surface area contributed by atoms with E-state index in [1.54, 1.807) is 14.2 Å². The molecule has 4 heteroatoms. The number of hydrogen-bond acceptors (Lipinski definition) is 4. The lowest BCUT2D eigenvalue weighted by Crippen LogP contribution is -2.32. The van der Waals surface area contributed by atoms with E-state index >= 15 is 0 Å². The Morgan fingerprint density at radius 3 is 2.22 bits per heavy atom. The SMILES string of the molecule is CCC(CCCN(CCCOC)CCOC)NC. The third-order valence-corrected chi connectivity index (χ3v) is 3.36. The minimum atomic E-state index is 0.660. The van der Waals surface area contributed by atoms with E-state index in [4.69, 9.17) is 9.47 Å². The van der Waals surface area contributed by atoms with Crippen LogP contribution < -0.4 is 5.32 Å². The lowest BCUT2D eigenvalue weighted by Gasteiger charge is -2.23. The molecule has 4 nitrogen and oxygen atoms in total. The van der Waals surface area contributed by atoms with Crippen LogP contribution >= 0.6 is 0 Å². The molecule has 0 saturated heterocycles. The number of nitrogens with zero attached hydrogens (tertiary/aromatic N) is 1. The van der Waals surface area contributed by atoms with Crippen LogP contribution in [0.25, 0.3) is 0 Å². The lowest BCUT2D eigenvalue weighted by atomic mass is 10.1. The summed E-state index contributed by atoms with van der Waals surface area (Å²) in [7, 11) is 5.58. The van der Waals surface area contributed by atoms with Crippen LogP contribution in [0.4, 0.5) is 0 Å². The summed E-state index contributed by atoms with van der Waals surface area (Å²) in [4.78, 5) is 2.48. The lowest BCUT2D eigenvalue weighted by molar-refractivity contribution is 0.131. The molecule has 0 rings (SSSR count). The summed E-state index contributed by atoms with van der Waals surface area (Å²) < 4.78 is 10.3. The van der Waals surface area contributed by atoms with Crippen molar-refractivity contribution in [2.45, 2.75) is 38.6 Å². The third-order valence-electron chi connectivity index (χ3n) is 3.36. The van der Waals surface area contributed by atoms with Crippen LogP contribution in [0, 0.1) is 0 Å². The highest BCUT2D eigenvalue weighted by molar-refractivity contribution is 4.65.